The summed E-state index contributed by atoms with van der Waals surface area (Å²) in [5, 5.41) is 0.767. The van der Waals surface area contributed by atoms with E-state index in [1.54, 1.807) is 11.3 Å². The van der Waals surface area contributed by atoms with Gasteiger partial charge in [-0.25, -0.2) is 4.98 Å². The van der Waals surface area contributed by atoms with Crippen molar-refractivity contribution in [2.75, 3.05) is 31.1 Å². The summed E-state index contributed by atoms with van der Waals surface area (Å²) in [4.78, 5) is 22.6. The van der Waals surface area contributed by atoms with E-state index in [9.17, 15) is 4.79 Å². The molecule has 0 unspecified atom stereocenters. The Kier molecular flexibility index (Phi) is 6.22. The van der Waals surface area contributed by atoms with Crippen LogP contribution in [0.25, 0.3) is 10.2 Å². The maximum atomic E-state index is 13.1. The van der Waals surface area contributed by atoms with Crippen molar-refractivity contribution < 1.29 is 4.79 Å². The molecule has 0 bridgehead atoms. The maximum absolute atomic E-state index is 13.1. The van der Waals surface area contributed by atoms with Crippen molar-refractivity contribution in [3.8, 4) is 0 Å². The smallest absolute Gasteiger partial charge is 0.270 e. The van der Waals surface area contributed by atoms with Crippen molar-refractivity contribution in [3.63, 3.8) is 0 Å². The zero-order valence-electron chi connectivity index (χ0n) is 14.2. The predicted octanol–water partition coefficient (Wildman–Crippen LogP) is 5.11. The fourth-order valence-electron chi connectivity index (χ4n) is 2.60. The number of hydrogen-bond donors (Lipinski definition) is 0. The lowest BCUT2D eigenvalue weighted by molar-refractivity contribution is 0.0987. The molecule has 0 atom stereocenters. The minimum Gasteiger partial charge on any atom is -0.302 e. The van der Waals surface area contributed by atoms with Crippen LogP contribution in [0.5, 0.6) is 0 Å². The monoisotopic (exact) mass is 437 g/mol. The Labute approximate surface area is 164 Å². The summed E-state index contributed by atoms with van der Waals surface area (Å²) >= 11 is 6.48. The summed E-state index contributed by atoms with van der Waals surface area (Å²) < 4.78 is 2.06. The van der Waals surface area contributed by atoms with Crippen molar-refractivity contribution in [2.45, 2.75) is 13.8 Å². The number of thiazole rings is 1. The summed E-state index contributed by atoms with van der Waals surface area (Å²) in [7, 11) is 0. The molecule has 1 aromatic carbocycles. The summed E-state index contributed by atoms with van der Waals surface area (Å²) in [6.07, 6.45) is 0. The molecule has 3 aromatic rings. The van der Waals surface area contributed by atoms with Gasteiger partial charge in [-0.15, -0.1) is 11.3 Å². The number of benzene rings is 1. The first kappa shape index (κ1) is 18.5. The van der Waals surface area contributed by atoms with Crippen molar-refractivity contribution in [1.82, 2.24) is 9.88 Å². The number of fused-ring (bicyclic) bond motifs is 1. The first-order valence-electron chi connectivity index (χ1n) is 8.27. The Morgan fingerprint density at radius 2 is 1.84 bits per heavy atom. The van der Waals surface area contributed by atoms with Gasteiger partial charge in [-0.2, -0.15) is 0 Å². The largest absolute Gasteiger partial charge is 0.302 e. The normalized spacial score (nSPS) is 11.4. The first-order valence-corrected chi connectivity index (χ1v) is 10.7. The lowest BCUT2D eigenvalue weighted by Gasteiger charge is -2.24. The van der Waals surface area contributed by atoms with Gasteiger partial charge in [-0.3, -0.25) is 9.69 Å². The molecule has 3 rings (SSSR count). The van der Waals surface area contributed by atoms with Crippen LogP contribution in [0.3, 0.4) is 0 Å². The van der Waals surface area contributed by atoms with Crippen molar-refractivity contribution in [3.05, 3.63) is 45.1 Å². The number of hydrogen-bond acceptors (Lipinski definition) is 5. The van der Waals surface area contributed by atoms with Gasteiger partial charge in [0.15, 0.2) is 5.13 Å². The highest BCUT2D eigenvalue weighted by Crippen LogP contribution is 2.31. The molecule has 0 aliphatic rings. The molecule has 0 N–H and O–H groups in total. The van der Waals surface area contributed by atoms with Gasteiger partial charge < -0.3 is 4.90 Å². The average Bonchev–Trinajstić information content (AvgIpc) is 3.24. The SMILES string of the molecule is CCN(CC)CCN(C(=O)c1ccc(Br)s1)c1nc2ccccc2s1. The quantitative estimate of drug-likeness (QED) is 0.515. The summed E-state index contributed by atoms with van der Waals surface area (Å²) in [6, 6.07) is 11.8. The van der Waals surface area contributed by atoms with E-state index in [-0.39, 0.29) is 5.91 Å². The third-order valence-corrected chi connectivity index (χ3v) is 6.75. The zero-order chi connectivity index (χ0) is 17.8. The maximum Gasteiger partial charge on any atom is 0.270 e. The Bertz CT molecular complexity index is 824. The van der Waals surface area contributed by atoms with Crippen LogP contribution in [0.1, 0.15) is 23.5 Å². The molecule has 25 heavy (non-hydrogen) atoms. The fourth-order valence-corrected chi connectivity index (χ4v) is 4.93. The standard InChI is InChI=1S/C18H20BrN3OS2/c1-3-21(4-2)11-12-22(17(23)15-9-10-16(19)24-15)18-20-13-7-5-6-8-14(13)25-18/h5-10H,3-4,11-12H2,1-2H3. The third-order valence-electron chi connectivity index (χ3n) is 4.08. The number of halogens is 1. The average molecular weight is 438 g/mol. The number of nitrogens with zero attached hydrogens (tertiary/aromatic N) is 3. The second-order valence-corrected chi connectivity index (χ2v) is 9.02. The summed E-state index contributed by atoms with van der Waals surface area (Å²) in [5.41, 5.74) is 0.940. The molecular weight excluding hydrogens is 418 g/mol. The predicted molar refractivity (Wildman–Crippen MR) is 111 cm³/mol. The van der Waals surface area contributed by atoms with E-state index in [0.717, 1.165) is 43.6 Å². The zero-order valence-corrected chi connectivity index (χ0v) is 17.5. The molecule has 0 saturated carbocycles. The van der Waals surface area contributed by atoms with Crippen molar-refractivity contribution in [2.24, 2.45) is 0 Å². The Balaban J connectivity index is 1.91. The molecule has 132 valence electrons. The first-order chi connectivity index (χ1) is 12.1. The molecule has 0 aliphatic heterocycles. The molecule has 0 spiro atoms. The van der Waals surface area contributed by atoms with E-state index < -0.39 is 0 Å². The van der Waals surface area contributed by atoms with Crippen LogP contribution in [0, 0.1) is 0 Å². The van der Waals surface area contributed by atoms with E-state index in [2.05, 4.69) is 34.7 Å². The Morgan fingerprint density at radius 3 is 2.48 bits per heavy atom. The van der Waals surface area contributed by atoms with Gasteiger partial charge in [0.2, 0.25) is 0 Å². The molecule has 4 nitrogen and oxygen atoms in total. The van der Waals surface area contributed by atoms with Crippen LogP contribution < -0.4 is 4.90 Å². The molecule has 2 heterocycles. The van der Waals surface area contributed by atoms with Crippen LogP contribution >= 0.6 is 38.6 Å². The second-order valence-electron chi connectivity index (χ2n) is 5.55. The molecule has 2 aromatic heterocycles. The third kappa shape index (κ3) is 4.28. The van der Waals surface area contributed by atoms with Gasteiger partial charge in [-0.1, -0.05) is 37.3 Å². The molecular formula is C18H20BrN3OS2. The summed E-state index contributed by atoms with van der Waals surface area (Å²) in [6.45, 7) is 7.70. The minimum atomic E-state index is 0.0157. The van der Waals surface area contributed by atoms with Crippen LogP contribution in [0.15, 0.2) is 40.2 Å². The van der Waals surface area contributed by atoms with E-state index in [1.807, 2.05) is 41.3 Å². The van der Waals surface area contributed by atoms with Gasteiger partial charge in [0, 0.05) is 13.1 Å². The number of thiophene rings is 1. The second kappa shape index (κ2) is 8.40. The van der Waals surface area contributed by atoms with E-state index in [1.165, 1.54) is 11.3 Å². The molecule has 0 fully saturated rings. The minimum absolute atomic E-state index is 0.0157. The fraction of sp³-hybridized carbons (Fsp3) is 0.333. The van der Waals surface area contributed by atoms with Gasteiger partial charge in [0.25, 0.3) is 5.91 Å². The molecule has 0 saturated heterocycles. The molecule has 1 amide bonds. The number of amides is 1. The van der Waals surface area contributed by atoms with Crippen molar-refractivity contribution in [1.29, 1.82) is 0 Å². The number of carbonyl (C=O) groups excluding carboxylic acids is 1. The highest BCUT2D eigenvalue weighted by Gasteiger charge is 2.23. The van der Waals surface area contributed by atoms with Crippen LogP contribution in [-0.4, -0.2) is 42.0 Å². The van der Waals surface area contributed by atoms with E-state index in [0.29, 0.717) is 6.54 Å². The van der Waals surface area contributed by atoms with Crippen LogP contribution in [0.2, 0.25) is 0 Å². The van der Waals surface area contributed by atoms with Crippen molar-refractivity contribution >= 4 is 59.9 Å². The van der Waals surface area contributed by atoms with Gasteiger partial charge >= 0.3 is 0 Å². The number of aromatic nitrogens is 1. The number of rotatable bonds is 7. The topological polar surface area (TPSA) is 36.4 Å². The Morgan fingerprint density at radius 1 is 1.08 bits per heavy atom. The number of carbonyl (C=O) groups is 1. The molecule has 0 aliphatic carbocycles. The molecule has 7 heteroatoms. The van der Waals surface area contributed by atoms with E-state index >= 15 is 0 Å². The highest BCUT2D eigenvalue weighted by atomic mass is 79.9. The lowest BCUT2D eigenvalue weighted by Crippen LogP contribution is -2.38. The van der Waals surface area contributed by atoms with E-state index in [4.69, 9.17) is 4.98 Å². The number of likely N-dealkylation sites (N-methyl/N-ethyl adjacent to an activating group) is 1. The van der Waals surface area contributed by atoms with Gasteiger partial charge in [0.1, 0.15) is 0 Å². The Hall–Kier alpha value is -1.28. The summed E-state index contributed by atoms with van der Waals surface area (Å²) in [5.74, 6) is 0.0157. The lowest BCUT2D eigenvalue weighted by atomic mass is 10.3. The van der Waals surface area contributed by atoms with Gasteiger partial charge in [-0.05, 0) is 53.3 Å². The number of anilines is 1. The van der Waals surface area contributed by atoms with Gasteiger partial charge in [0.05, 0.1) is 18.9 Å². The highest BCUT2D eigenvalue weighted by molar-refractivity contribution is 9.11. The van der Waals surface area contributed by atoms with Crippen LogP contribution in [0.4, 0.5) is 5.13 Å². The number of para-hydroxylation sites is 1. The van der Waals surface area contributed by atoms with Crippen LogP contribution in [-0.2, 0) is 0 Å². The molecule has 0 radical (unpaired) electrons.